The fourth-order valence-corrected chi connectivity index (χ4v) is 2.28. The van der Waals surface area contributed by atoms with Gasteiger partial charge in [0.15, 0.2) is 0 Å². The number of aromatic nitrogens is 3. The zero-order valence-electron chi connectivity index (χ0n) is 14.5. The molecule has 6 nitrogen and oxygen atoms in total. The molecule has 0 atom stereocenters. The molecule has 126 valence electrons. The van der Waals surface area contributed by atoms with E-state index in [-0.39, 0.29) is 5.54 Å². The van der Waals surface area contributed by atoms with Gasteiger partial charge in [-0.2, -0.15) is 0 Å². The van der Waals surface area contributed by atoms with Crippen molar-refractivity contribution in [2.75, 3.05) is 0 Å². The second-order valence-electron chi connectivity index (χ2n) is 6.42. The highest BCUT2D eigenvalue weighted by molar-refractivity contribution is 5.77. The molecule has 0 saturated heterocycles. The monoisotopic (exact) mass is 326 g/mol. The molecule has 0 spiro atoms. The summed E-state index contributed by atoms with van der Waals surface area (Å²) < 4.78 is 11.2. The van der Waals surface area contributed by atoms with Gasteiger partial charge in [0.1, 0.15) is 17.0 Å². The third-order valence-corrected chi connectivity index (χ3v) is 4.19. The normalized spacial score (nSPS) is 11.8. The first-order chi connectivity index (χ1) is 11.5. The van der Waals surface area contributed by atoms with Crippen molar-refractivity contribution in [2.45, 2.75) is 46.2 Å². The predicted molar refractivity (Wildman–Crippen MR) is 91.2 cm³/mol. The van der Waals surface area contributed by atoms with E-state index in [1.165, 1.54) is 0 Å². The summed E-state index contributed by atoms with van der Waals surface area (Å²) in [6, 6.07) is 9.83. The van der Waals surface area contributed by atoms with Gasteiger partial charge in [-0.05, 0) is 27.2 Å². The number of rotatable bonds is 6. The fourth-order valence-electron chi connectivity index (χ4n) is 2.28. The Morgan fingerprint density at radius 3 is 2.58 bits per heavy atom. The van der Waals surface area contributed by atoms with E-state index < -0.39 is 0 Å². The molecule has 1 N–H and O–H groups in total. The largest absolute Gasteiger partial charge is 0.419 e. The van der Waals surface area contributed by atoms with Gasteiger partial charge < -0.3 is 14.3 Å². The quantitative estimate of drug-likeness (QED) is 0.738. The summed E-state index contributed by atoms with van der Waals surface area (Å²) in [5, 5.41) is 15.9. The number of hydrogen-bond donors (Lipinski definition) is 1. The van der Waals surface area contributed by atoms with Crippen molar-refractivity contribution >= 4 is 0 Å². The molecule has 3 rings (SSSR count). The second-order valence-corrected chi connectivity index (χ2v) is 6.42. The first kappa shape index (κ1) is 16.4. The van der Waals surface area contributed by atoms with Crippen LogP contribution in [0, 0.1) is 6.92 Å². The van der Waals surface area contributed by atoms with Crippen LogP contribution in [0.5, 0.6) is 0 Å². The van der Waals surface area contributed by atoms with Gasteiger partial charge in [0.2, 0.25) is 5.89 Å². The van der Waals surface area contributed by atoms with E-state index in [9.17, 15) is 0 Å². The second kappa shape index (κ2) is 6.57. The zero-order chi connectivity index (χ0) is 17.2. The Labute approximate surface area is 141 Å². The van der Waals surface area contributed by atoms with Crippen molar-refractivity contribution in [3.05, 3.63) is 42.0 Å². The van der Waals surface area contributed by atoms with E-state index in [2.05, 4.69) is 41.4 Å². The SMILES string of the molecule is CCC(C)(C)NCc1nnc(-c2c(-c3ccccc3)noc2C)o1. The standard InChI is InChI=1S/C18H22N4O2/c1-5-18(3,4)19-11-14-20-21-17(23-14)15-12(2)24-22-16(15)13-9-7-6-8-10-13/h6-10,19H,5,11H2,1-4H3. The van der Waals surface area contributed by atoms with Gasteiger partial charge in [0.05, 0.1) is 6.54 Å². The van der Waals surface area contributed by atoms with Crippen LogP contribution in [0.4, 0.5) is 0 Å². The first-order valence-corrected chi connectivity index (χ1v) is 8.09. The lowest BCUT2D eigenvalue weighted by Gasteiger charge is -2.23. The van der Waals surface area contributed by atoms with E-state index in [0.717, 1.165) is 17.5 Å². The van der Waals surface area contributed by atoms with Crippen LogP contribution in [0.3, 0.4) is 0 Å². The lowest BCUT2D eigenvalue weighted by atomic mass is 10.0. The van der Waals surface area contributed by atoms with Crippen molar-refractivity contribution in [3.8, 4) is 22.7 Å². The van der Waals surface area contributed by atoms with Crippen LogP contribution in [0.2, 0.25) is 0 Å². The maximum absolute atomic E-state index is 5.83. The zero-order valence-corrected chi connectivity index (χ0v) is 14.5. The molecule has 6 heteroatoms. The van der Waals surface area contributed by atoms with Gasteiger partial charge >= 0.3 is 0 Å². The van der Waals surface area contributed by atoms with Crippen molar-refractivity contribution in [1.29, 1.82) is 0 Å². The molecule has 0 amide bonds. The molecule has 3 aromatic rings. The molecule has 0 aliphatic heterocycles. The highest BCUT2D eigenvalue weighted by Gasteiger charge is 2.22. The predicted octanol–water partition coefficient (Wildman–Crippen LogP) is 3.98. The number of benzene rings is 1. The highest BCUT2D eigenvalue weighted by atomic mass is 16.5. The average molecular weight is 326 g/mol. The van der Waals surface area contributed by atoms with Crippen LogP contribution >= 0.6 is 0 Å². The molecule has 2 aromatic heterocycles. The topological polar surface area (TPSA) is 77.0 Å². The van der Waals surface area contributed by atoms with Crippen molar-refractivity contribution in [3.63, 3.8) is 0 Å². The Morgan fingerprint density at radius 2 is 1.88 bits per heavy atom. The van der Waals surface area contributed by atoms with E-state index in [0.29, 0.717) is 29.8 Å². The minimum absolute atomic E-state index is 0.0247. The van der Waals surface area contributed by atoms with E-state index in [4.69, 9.17) is 8.94 Å². The lowest BCUT2D eigenvalue weighted by molar-refractivity contribution is 0.348. The summed E-state index contributed by atoms with van der Waals surface area (Å²) in [6.07, 6.45) is 1.01. The van der Waals surface area contributed by atoms with Gasteiger partial charge in [0, 0.05) is 11.1 Å². The van der Waals surface area contributed by atoms with E-state index in [1.54, 1.807) is 0 Å². The summed E-state index contributed by atoms with van der Waals surface area (Å²) in [6.45, 7) is 8.79. The smallest absolute Gasteiger partial charge is 0.253 e. The van der Waals surface area contributed by atoms with Gasteiger partial charge in [-0.25, -0.2) is 0 Å². The minimum atomic E-state index is 0.0247. The summed E-state index contributed by atoms with van der Waals surface area (Å²) >= 11 is 0. The number of hydrogen-bond acceptors (Lipinski definition) is 6. The molecule has 0 radical (unpaired) electrons. The van der Waals surface area contributed by atoms with Crippen LogP contribution in [-0.4, -0.2) is 20.9 Å². The highest BCUT2D eigenvalue weighted by Crippen LogP contribution is 2.33. The van der Waals surface area contributed by atoms with Crippen molar-refractivity contribution < 1.29 is 8.94 Å². The van der Waals surface area contributed by atoms with E-state index >= 15 is 0 Å². The molecule has 0 unspecified atom stereocenters. The number of aryl methyl sites for hydroxylation is 1. The van der Waals surface area contributed by atoms with Gasteiger partial charge in [-0.15, -0.1) is 10.2 Å². The van der Waals surface area contributed by atoms with Gasteiger partial charge in [-0.3, -0.25) is 0 Å². The average Bonchev–Trinajstić information content (AvgIpc) is 3.20. The molecule has 2 heterocycles. The lowest BCUT2D eigenvalue weighted by Crippen LogP contribution is -2.37. The van der Waals surface area contributed by atoms with Crippen LogP contribution in [-0.2, 0) is 6.54 Å². The third kappa shape index (κ3) is 3.38. The molecule has 0 aliphatic carbocycles. The Morgan fingerprint density at radius 1 is 1.12 bits per heavy atom. The molecule has 24 heavy (non-hydrogen) atoms. The minimum Gasteiger partial charge on any atom is -0.419 e. The summed E-state index contributed by atoms with van der Waals surface area (Å²) in [7, 11) is 0. The van der Waals surface area contributed by atoms with Gasteiger partial charge in [-0.1, -0.05) is 42.4 Å². The number of nitrogens with zero attached hydrogens (tertiary/aromatic N) is 3. The summed E-state index contributed by atoms with van der Waals surface area (Å²) in [5.41, 5.74) is 2.44. The summed E-state index contributed by atoms with van der Waals surface area (Å²) in [4.78, 5) is 0. The fraction of sp³-hybridized carbons (Fsp3) is 0.389. The summed E-state index contributed by atoms with van der Waals surface area (Å²) in [5.74, 6) is 1.63. The van der Waals surface area contributed by atoms with Crippen molar-refractivity contribution in [2.24, 2.45) is 0 Å². The molecule has 0 fully saturated rings. The third-order valence-electron chi connectivity index (χ3n) is 4.19. The van der Waals surface area contributed by atoms with Crippen LogP contribution in [0.25, 0.3) is 22.7 Å². The Bertz CT molecular complexity index is 806. The van der Waals surface area contributed by atoms with Gasteiger partial charge in [0.25, 0.3) is 5.89 Å². The molecular weight excluding hydrogens is 304 g/mol. The molecular formula is C18H22N4O2. The van der Waals surface area contributed by atoms with Crippen LogP contribution in [0.15, 0.2) is 39.3 Å². The van der Waals surface area contributed by atoms with Crippen LogP contribution < -0.4 is 5.32 Å². The van der Waals surface area contributed by atoms with Crippen LogP contribution in [0.1, 0.15) is 38.8 Å². The van der Waals surface area contributed by atoms with E-state index in [1.807, 2.05) is 37.3 Å². The maximum Gasteiger partial charge on any atom is 0.253 e. The molecule has 0 aliphatic rings. The molecule has 0 bridgehead atoms. The van der Waals surface area contributed by atoms with Crippen molar-refractivity contribution in [1.82, 2.24) is 20.7 Å². The Hall–Kier alpha value is -2.47. The molecule has 0 saturated carbocycles. The number of nitrogens with one attached hydrogen (secondary N) is 1. The Kier molecular flexibility index (Phi) is 4.49. The Balaban J connectivity index is 1.87. The molecule has 1 aromatic carbocycles. The first-order valence-electron chi connectivity index (χ1n) is 8.09. The maximum atomic E-state index is 5.83.